The smallest absolute Gasteiger partial charge is 0.193 e. The highest BCUT2D eigenvalue weighted by atomic mass is 127. The summed E-state index contributed by atoms with van der Waals surface area (Å²) in [6.45, 7) is 6.60. The van der Waals surface area contributed by atoms with E-state index in [0.717, 1.165) is 40.1 Å². The Labute approximate surface area is 115 Å². The minimum atomic E-state index is -0.130. The molecule has 1 unspecified atom stereocenters. The van der Waals surface area contributed by atoms with Gasteiger partial charge in [0.2, 0.25) is 5.13 Å². The second-order valence-electron chi connectivity index (χ2n) is 4.53. The molecule has 1 nitrogen and oxygen atoms in total. The maximum atomic E-state index is 13.4. The number of hydrogen-bond donors (Lipinski definition) is 0. The Morgan fingerprint density at radius 3 is 2.44 bits per heavy atom. The SMILES string of the molecule is CCCCC(C)(CCC)c1nsc(F)c1I. The monoisotopic (exact) mass is 355 g/mol. The van der Waals surface area contributed by atoms with E-state index in [2.05, 4.69) is 47.7 Å². The van der Waals surface area contributed by atoms with E-state index in [1.165, 1.54) is 12.8 Å². The summed E-state index contributed by atoms with van der Waals surface area (Å²) in [7, 11) is 0. The Kier molecular flexibility index (Phi) is 5.64. The van der Waals surface area contributed by atoms with E-state index in [-0.39, 0.29) is 10.5 Å². The van der Waals surface area contributed by atoms with Crippen LogP contribution in [0.15, 0.2) is 0 Å². The van der Waals surface area contributed by atoms with Gasteiger partial charge in [0.05, 0.1) is 9.26 Å². The van der Waals surface area contributed by atoms with Gasteiger partial charge in [0.1, 0.15) is 0 Å². The van der Waals surface area contributed by atoms with Crippen LogP contribution in [-0.2, 0) is 5.41 Å². The van der Waals surface area contributed by atoms with Crippen LogP contribution < -0.4 is 0 Å². The van der Waals surface area contributed by atoms with Crippen LogP contribution >= 0.6 is 34.1 Å². The van der Waals surface area contributed by atoms with Gasteiger partial charge >= 0.3 is 0 Å². The van der Waals surface area contributed by atoms with Crippen LogP contribution in [0, 0.1) is 8.70 Å². The van der Waals surface area contributed by atoms with Gasteiger partial charge in [-0.3, -0.25) is 0 Å². The average Bonchev–Trinajstić information content (AvgIpc) is 2.58. The number of nitrogens with zero attached hydrogens (tertiary/aromatic N) is 1. The molecule has 0 spiro atoms. The third kappa shape index (κ3) is 3.15. The predicted molar refractivity (Wildman–Crippen MR) is 76.6 cm³/mol. The number of halogens is 2. The number of unbranched alkanes of at least 4 members (excludes halogenated alkanes) is 1. The molecular weight excluding hydrogens is 336 g/mol. The maximum Gasteiger partial charge on any atom is 0.209 e. The molecule has 0 radical (unpaired) electrons. The standard InChI is InChI=1S/C12H19FINS/c1-4-6-8-12(3,7-5-2)10-9(14)11(13)16-15-10/h4-8H2,1-3H3. The molecule has 16 heavy (non-hydrogen) atoms. The van der Waals surface area contributed by atoms with E-state index in [1.807, 2.05) is 0 Å². The lowest BCUT2D eigenvalue weighted by molar-refractivity contribution is 0.373. The summed E-state index contributed by atoms with van der Waals surface area (Å²) in [5.74, 6) is 0. The maximum absolute atomic E-state index is 13.4. The molecule has 0 amide bonds. The van der Waals surface area contributed by atoms with Crippen LogP contribution in [0.25, 0.3) is 0 Å². The van der Waals surface area contributed by atoms with Crippen LogP contribution in [0.2, 0.25) is 0 Å². The van der Waals surface area contributed by atoms with E-state index in [0.29, 0.717) is 0 Å². The van der Waals surface area contributed by atoms with Crippen LogP contribution in [-0.4, -0.2) is 4.37 Å². The van der Waals surface area contributed by atoms with Crippen molar-refractivity contribution in [2.45, 2.75) is 58.3 Å². The van der Waals surface area contributed by atoms with Crippen LogP contribution in [0.1, 0.15) is 58.6 Å². The molecule has 0 saturated heterocycles. The lowest BCUT2D eigenvalue weighted by Gasteiger charge is -2.27. The van der Waals surface area contributed by atoms with Crippen LogP contribution in [0.4, 0.5) is 4.39 Å². The molecule has 92 valence electrons. The highest BCUT2D eigenvalue weighted by Gasteiger charge is 2.31. The summed E-state index contributed by atoms with van der Waals surface area (Å²) in [5, 5.41) is -0.130. The molecule has 1 atom stereocenters. The lowest BCUT2D eigenvalue weighted by Crippen LogP contribution is -2.23. The zero-order valence-corrected chi connectivity index (χ0v) is 13.1. The average molecular weight is 355 g/mol. The van der Waals surface area contributed by atoms with Crippen molar-refractivity contribution in [3.8, 4) is 0 Å². The van der Waals surface area contributed by atoms with Crippen molar-refractivity contribution in [1.82, 2.24) is 4.37 Å². The number of aromatic nitrogens is 1. The van der Waals surface area contributed by atoms with Crippen molar-refractivity contribution in [2.75, 3.05) is 0 Å². The van der Waals surface area contributed by atoms with Gasteiger partial charge < -0.3 is 0 Å². The Bertz CT molecular complexity index is 340. The van der Waals surface area contributed by atoms with Crippen LogP contribution in [0.5, 0.6) is 0 Å². The van der Waals surface area contributed by atoms with Gasteiger partial charge in [-0.15, -0.1) is 0 Å². The van der Waals surface area contributed by atoms with E-state index >= 15 is 0 Å². The van der Waals surface area contributed by atoms with Crippen molar-refractivity contribution >= 4 is 34.1 Å². The van der Waals surface area contributed by atoms with Gasteiger partial charge in [-0.1, -0.05) is 40.0 Å². The second-order valence-corrected chi connectivity index (χ2v) is 6.34. The lowest BCUT2D eigenvalue weighted by atomic mass is 9.78. The van der Waals surface area contributed by atoms with E-state index in [9.17, 15) is 4.39 Å². The summed E-state index contributed by atoms with van der Waals surface area (Å²) in [5.41, 5.74) is 1.04. The molecule has 1 aromatic rings. The first-order valence-corrected chi connectivity index (χ1v) is 7.71. The largest absolute Gasteiger partial charge is 0.209 e. The van der Waals surface area contributed by atoms with Gasteiger partial charge in [-0.25, -0.2) is 0 Å². The van der Waals surface area contributed by atoms with Gasteiger partial charge in [0.15, 0.2) is 0 Å². The molecular formula is C12H19FINS. The zero-order chi connectivity index (χ0) is 12.2. The summed E-state index contributed by atoms with van der Waals surface area (Å²) in [6, 6.07) is 0. The van der Waals surface area contributed by atoms with Gasteiger partial charge in [-0.2, -0.15) is 8.76 Å². The van der Waals surface area contributed by atoms with E-state index < -0.39 is 0 Å². The zero-order valence-electron chi connectivity index (χ0n) is 10.1. The predicted octanol–water partition coefficient (Wildman–Crippen LogP) is 5.13. The minimum absolute atomic E-state index is 0.0577. The van der Waals surface area contributed by atoms with Crippen molar-refractivity contribution in [1.29, 1.82) is 0 Å². The van der Waals surface area contributed by atoms with Gasteiger partial charge in [-0.05, 0) is 47.0 Å². The van der Waals surface area contributed by atoms with Crippen molar-refractivity contribution in [3.63, 3.8) is 0 Å². The number of rotatable bonds is 6. The van der Waals surface area contributed by atoms with E-state index in [4.69, 9.17) is 0 Å². The number of hydrogen-bond acceptors (Lipinski definition) is 2. The summed E-state index contributed by atoms with van der Waals surface area (Å²) in [4.78, 5) is 0. The Morgan fingerprint density at radius 2 is 2.00 bits per heavy atom. The Morgan fingerprint density at radius 1 is 1.31 bits per heavy atom. The molecule has 1 aromatic heterocycles. The van der Waals surface area contributed by atoms with Gasteiger partial charge in [0, 0.05) is 5.41 Å². The molecule has 0 fully saturated rings. The molecule has 0 aliphatic carbocycles. The van der Waals surface area contributed by atoms with Crippen LogP contribution in [0.3, 0.4) is 0 Å². The quantitative estimate of drug-likeness (QED) is 0.645. The van der Waals surface area contributed by atoms with Crippen molar-refractivity contribution in [3.05, 3.63) is 14.4 Å². The molecule has 0 N–H and O–H groups in total. The van der Waals surface area contributed by atoms with Crippen molar-refractivity contribution < 1.29 is 4.39 Å². The highest BCUT2D eigenvalue weighted by molar-refractivity contribution is 14.1. The third-order valence-corrected chi connectivity index (χ3v) is 5.04. The molecule has 0 aliphatic rings. The fourth-order valence-corrected chi connectivity index (χ4v) is 4.01. The molecule has 1 rings (SSSR count). The third-order valence-electron chi connectivity index (χ3n) is 3.05. The highest BCUT2D eigenvalue weighted by Crippen LogP contribution is 2.37. The molecule has 0 bridgehead atoms. The molecule has 0 aliphatic heterocycles. The molecule has 0 saturated carbocycles. The first-order valence-electron chi connectivity index (χ1n) is 5.86. The fraction of sp³-hybridized carbons (Fsp3) is 0.750. The first kappa shape index (κ1) is 14.4. The summed E-state index contributed by atoms with van der Waals surface area (Å²) >= 11 is 3.08. The van der Waals surface area contributed by atoms with Crippen molar-refractivity contribution in [2.24, 2.45) is 0 Å². The summed E-state index contributed by atoms with van der Waals surface area (Å²) < 4.78 is 18.4. The summed E-state index contributed by atoms with van der Waals surface area (Å²) in [6.07, 6.45) is 5.69. The molecule has 4 heteroatoms. The van der Waals surface area contributed by atoms with E-state index in [1.54, 1.807) is 0 Å². The normalized spacial score (nSPS) is 15.1. The molecule has 1 heterocycles. The molecule has 0 aromatic carbocycles. The Balaban J connectivity index is 2.96. The first-order chi connectivity index (χ1) is 7.55. The fourth-order valence-electron chi connectivity index (χ4n) is 2.11. The topological polar surface area (TPSA) is 12.9 Å². The second kappa shape index (κ2) is 6.28. The van der Waals surface area contributed by atoms with Gasteiger partial charge in [0.25, 0.3) is 0 Å². The Hall–Kier alpha value is 0.290. The minimum Gasteiger partial charge on any atom is -0.193 e.